The first-order valence-corrected chi connectivity index (χ1v) is 7.15. The molecule has 1 amide bonds. The first kappa shape index (κ1) is 13.9. The van der Waals surface area contributed by atoms with Crippen LogP contribution in [0.2, 0.25) is 0 Å². The summed E-state index contributed by atoms with van der Waals surface area (Å²) in [5.41, 5.74) is 6.42. The van der Waals surface area contributed by atoms with Crippen molar-refractivity contribution in [2.75, 3.05) is 37.7 Å². The van der Waals surface area contributed by atoms with Gasteiger partial charge in [0, 0.05) is 19.1 Å². The molecular weight excluding hydrogens is 260 g/mol. The summed E-state index contributed by atoms with van der Waals surface area (Å²) in [6, 6.07) is 2.28. The Bertz CT molecular complexity index is 471. The highest BCUT2D eigenvalue weighted by Crippen LogP contribution is 2.30. The number of rotatable bonds is 5. The monoisotopic (exact) mass is 280 g/mol. The number of hydrogen-bond acceptors (Lipinski definition) is 5. The Morgan fingerprint density at radius 2 is 2.53 bits per heavy atom. The molecule has 2 heterocycles. The SMILES string of the molecule is C=CCNC(=O)c1sc(NC2CCN(C)C2)cc1N. The minimum atomic E-state index is -0.140. The third-order valence-corrected chi connectivity index (χ3v) is 4.19. The third-order valence-electron chi connectivity index (χ3n) is 3.11. The first-order valence-electron chi connectivity index (χ1n) is 6.33. The van der Waals surface area contributed by atoms with E-state index >= 15 is 0 Å². The van der Waals surface area contributed by atoms with E-state index < -0.39 is 0 Å². The van der Waals surface area contributed by atoms with Crippen LogP contribution in [0, 0.1) is 0 Å². The molecule has 0 spiro atoms. The van der Waals surface area contributed by atoms with Gasteiger partial charge in [0.25, 0.3) is 5.91 Å². The normalized spacial score (nSPS) is 19.3. The number of nitrogen functional groups attached to an aromatic ring is 1. The van der Waals surface area contributed by atoms with Crippen molar-refractivity contribution in [2.24, 2.45) is 0 Å². The molecule has 0 saturated carbocycles. The molecule has 0 aliphatic carbocycles. The largest absolute Gasteiger partial charge is 0.397 e. The van der Waals surface area contributed by atoms with Crippen LogP contribution >= 0.6 is 11.3 Å². The van der Waals surface area contributed by atoms with E-state index in [0.717, 1.165) is 24.5 Å². The van der Waals surface area contributed by atoms with E-state index in [1.54, 1.807) is 6.08 Å². The van der Waals surface area contributed by atoms with Gasteiger partial charge in [-0.1, -0.05) is 6.08 Å². The summed E-state index contributed by atoms with van der Waals surface area (Å²) in [6.07, 6.45) is 2.77. The van der Waals surface area contributed by atoms with Gasteiger partial charge in [-0.2, -0.15) is 0 Å². The highest BCUT2D eigenvalue weighted by atomic mass is 32.1. The Balaban J connectivity index is 1.99. The Labute approximate surface area is 117 Å². The van der Waals surface area contributed by atoms with Gasteiger partial charge in [-0.05, 0) is 26.1 Å². The second-order valence-corrected chi connectivity index (χ2v) is 5.84. The molecule has 4 N–H and O–H groups in total. The number of thiophene rings is 1. The van der Waals surface area contributed by atoms with Crippen molar-refractivity contribution in [3.05, 3.63) is 23.6 Å². The minimum Gasteiger partial charge on any atom is -0.397 e. The summed E-state index contributed by atoms with van der Waals surface area (Å²) < 4.78 is 0. The van der Waals surface area contributed by atoms with Crippen LogP contribution in [0.25, 0.3) is 0 Å². The lowest BCUT2D eigenvalue weighted by Crippen LogP contribution is -2.23. The molecule has 1 aliphatic heterocycles. The number of nitrogens with two attached hydrogens (primary N) is 1. The zero-order valence-electron chi connectivity index (χ0n) is 11.1. The maximum absolute atomic E-state index is 11.9. The molecule has 0 radical (unpaired) electrons. The molecule has 2 rings (SSSR count). The van der Waals surface area contributed by atoms with Gasteiger partial charge in [0.2, 0.25) is 0 Å². The average molecular weight is 280 g/mol. The lowest BCUT2D eigenvalue weighted by Gasteiger charge is -2.11. The van der Waals surface area contributed by atoms with Crippen molar-refractivity contribution >= 4 is 27.9 Å². The summed E-state index contributed by atoms with van der Waals surface area (Å²) in [7, 11) is 2.11. The second kappa shape index (κ2) is 6.08. The Morgan fingerprint density at radius 3 is 3.16 bits per heavy atom. The van der Waals surface area contributed by atoms with E-state index in [1.807, 2.05) is 6.07 Å². The van der Waals surface area contributed by atoms with Crippen molar-refractivity contribution < 1.29 is 4.79 Å². The minimum absolute atomic E-state index is 0.140. The maximum atomic E-state index is 11.9. The average Bonchev–Trinajstić information content (AvgIpc) is 2.93. The molecule has 1 unspecified atom stereocenters. The Kier molecular flexibility index (Phi) is 4.44. The topological polar surface area (TPSA) is 70.4 Å². The molecule has 19 heavy (non-hydrogen) atoms. The van der Waals surface area contributed by atoms with Crippen molar-refractivity contribution in [3.8, 4) is 0 Å². The van der Waals surface area contributed by atoms with Gasteiger partial charge in [-0.3, -0.25) is 4.79 Å². The smallest absolute Gasteiger partial charge is 0.263 e. The number of hydrogen-bond donors (Lipinski definition) is 3. The molecule has 1 aromatic rings. The number of likely N-dealkylation sites (tertiary alicyclic amines) is 1. The van der Waals surface area contributed by atoms with Crippen LogP contribution in [0.3, 0.4) is 0 Å². The van der Waals surface area contributed by atoms with E-state index in [-0.39, 0.29) is 5.91 Å². The predicted octanol–water partition coefficient (Wildman–Crippen LogP) is 1.36. The van der Waals surface area contributed by atoms with E-state index in [9.17, 15) is 4.79 Å². The zero-order chi connectivity index (χ0) is 13.8. The molecule has 5 nitrogen and oxygen atoms in total. The fourth-order valence-corrected chi connectivity index (χ4v) is 3.13. The molecule has 1 atom stereocenters. The van der Waals surface area contributed by atoms with Gasteiger partial charge in [-0.15, -0.1) is 17.9 Å². The molecule has 1 aliphatic rings. The number of nitrogens with one attached hydrogen (secondary N) is 2. The molecular formula is C13H20N4OS. The lowest BCUT2D eigenvalue weighted by molar-refractivity contribution is 0.0963. The summed E-state index contributed by atoms with van der Waals surface area (Å²) in [4.78, 5) is 14.7. The van der Waals surface area contributed by atoms with Gasteiger partial charge in [-0.25, -0.2) is 0 Å². The van der Waals surface area contributed by atoms with E-state index in [0.29, 0.717) is 23.2 Å². The van der Waals surface area contributed by atoms with Crippen molar-refractivity contribution in [1.29, 1.82) is 0 Å². The highest BCUT2D eigenvalue weighted by Gasteiger charge is 2.21. The number of anilines is 2. The Hall–Kier alpha value is -1.53. The lowest BCUT2D eigenvalue weighted by atomic mass is 10.2. The van der Waals surface area contributed by atoms with Crippen LogP contribution in [-0.2, 0) is 0 Å². The van der Waals surface area contributed by atoms with Crippen LogP contribution in [0.5, 0.6) is 0 Å². The molecule has 1 aromatic heterocycles. The van der Waals surface area contributed by atoms with Gasteiger partial charge < -0.3 is 21.3 Å². The molecule has 1 saturated heterocycles. The summed E-state index contributed by atoms with van der Waals surface area (Å²) >= 11 is 1.41. The molecule has 6 heteroatoms. The quantitative estimate of drug-likeness (QED) is 0.712. The molecule has 1 fully saturated rings. The van der Waals surface area contributed by atoms with E-state index in [2.05, 4.69) is 29.2 Å². The van der Waals surface area contributed by atoms with Crippen LogP contribution in [0.4, 0.5) is 10.7 Å². The van der Waals surface area contributed by atoms with Gasteiger partial charge in [0.15, 0.2) is 0 Å². The van der Waals surface area contributed by atoms with Crippen molar-refractivity contribution in [2.45, 2.75) is 12.5 Å². The molecule has 104 valence electrons. The fraction of sp³-hybridized carbons (Fsp3) is 0.462. The van der Waals surface area contributed by atoms with E-state index in [4.69, 9.17) is 5.73 Å². The molecule has 0 bridgehead atoms. The predicted molar refractivity (Wildman–Crippen MR) is 80.8 cm³/mol. The maximum Gasteiger partial charge on any atom is 0.263 e. The van der Waals surface area contributed by atoms with E-state index in [1.165, 1.54) is 11.3 Å². The van der Waals surface area contributed by atoms with Crippen LogP contribution in [0.15, 0.2) is 18.7 Å². The summed E-state index contributed by atoms with van der Waals surface area (Å²) in [6.45, 7) is 6.15. The van der Waals surface area contributed by atoms with Crippen LogP contribution < -0.4 is 16.4 Å². The number of carbonyl (C=O) groups excluding carboxylic acids is 1. The second-order valence-electron chi connectivity index (χ2n) is 4.79. The highest BCUT2D eigenvalue weighted by molar-refractivity contribution is 7.18. The van der Waals surface area contributed by atoms with Crippen LogP contribution in [0.1, 0.15) is 16.1 Å². The number of likely N-dealkylation sites (N-methyl/N-ethyl adjacent to an activating group) is 1. The summed E-state index contributed by atoms with van der Waals surface area (Å²) in [5.74, 6) is -0.140. The molecule has 0 aromatic carbocycles. The third kappa shape index (κ3) is 3.48. The fourth-order valence-electron chi connectivity index (χ4n) is 2.15. The van der Waals surface area contributed by atoms with Gasteiger partial charge in [0.05, 0.1) is 10.7 Å². The van der Waals surface area contributed by atoms with Crippen molar-refractivity contribution in [1.82, 2.24) is 10.2 Å². The summed E-state index contributed by atoms with van der Waals surface area (Å²) in [5, 5.41) is 7.14. The number of amides is 1. The first-order chi connectivity index (χ1) is 9.10. The zero-order valence-corrected chi connectivity index (χ0v) is 11.9. The van der Waals surface area contributed by atoms with Crippen molar-refractivity contribution in [3.63, 3.8) is 0 Å². The standard InChI is InChI=1S/C13H20N4OS/c1-3-5-15-13(18)12-10(14)7-11(19-12)16-9-4-6-17(2)8-9/h3,7,9,16H,1,4-6,8,14H2,2H3,(H,15,18). The van der Waals surface area contributed by atoms with Gasteiger partial charge >= 0.3 is 0 Å². The number of carbonyl (C=O) groups is 1. The number of nitrogens with zero attached hydrogens (tertiary/aromatic N) is 1. The van der Waals surface area contributed by atoms with Crippen LogP contribution in [-0.4, -0.2) is 43.5 Å². The Morgan fingerprint density at radius 1 is 1.74 bits per heavy atom. The van der Waals surface area contributed by atoms with Gasteiger partial charge in [0.1, 0.15) is 4.88 Å².